The van der Waals surface area contributed by atoms with Gasteiger partial charge in [-0.2, -0.15) is 0 Å². The summed E-state index contributed by atoms with van der Waals surface area (Å²) in [6.45, 7) is 0.805. The highest BCUT2D eigenvalue weighted by Gasteiger charge is 2.44. The van der Waals surface area contributed by atoms with Crippen LogP contribution < -0.4 is 5.32 Å². The molecule has 1 heterocycles. The Hall–Kier alpha value is -0.580. The summed E-state index contributed by atoms with van der Waals surface area (Å²) < 4.78 is 22.6. The van der Waals surface area contributed by atoms with Gasteiger partial charge in [0.05, 0.1) is 11.5 Å². The van der Waals surface area contributed by atoms with Crippen LogP contribution in [0.15, 0.2) is 0 Å². The topological polar surface area (TPSA) is 63.2 Å². The molecule has 19 heavy (non-hydrogen) atoms. The Labute approximate surface area is 115 Å². The van der Waals surface area contributed by atoms with Crippen LogP contribution in [0.2, 0.25) is 0 Å². The van der Waals surface area contributed by atoms with Crippen LogP contribution in [0.5, 0.6) is 0 Å². The molecule has 3 rings (SSSR count). The number of nitrogens with one attached hydrogen (secondary N) is 1. The normalized spacial score (nSPS) is 36.7. The van der Waals surface area contributed by atoms with E-state index in [1.54, 1.807) is 0 Å². The summed E-state index contributed by atoms with van der Waals surface area (Å²) in [6, 6.07) is 0. The lowest BCUT2D eigenvalue weighted by Gasteiger charge is -2.25. The molecular weight excluding hydrogens is 262 g/mol. The third-order valence-electron chi connectivity index (χ3n) is 5.09. The molecule has 3 aliphatic rings. The van der Waals surface area contributed by atoms with E-state index in [-0.39, 0.29) is 23.3 Å². The van der Waals surface area contributed by atoms with Crippen LogP contribution in [0.1, 0.15) is 38.5 Å². The van der Waals surface area contributed by atoms with E-state index >= 15 is 0 Å². The molecule has 1 saturated heterocycles. The second kappa shape index (κ2) is 5.08. The molecule has 0 radical (unpaired) electrons. The average molecular weight is 285 g/mol. The molecular formula is C14H23NO3S. The van der Waals surface area contributed by atoms with Crippen LogP contribution in [-0.2, 0) is 14.6 Å². The standard InChI is InChI=1S/C14H23NO3S/c16-14(6-10-4-5-19(17,18)9-10)15-8-12-7-13(12)11-2-1-3-11/h10-13H,1-9H2,(H,15,16)/t10?,12-,13-/m0/s1. The number of hydrogen-bond donors (Lipinski definition) is 1. The van der Waals surface area contributed by atoms with E-state index in [4.69, 9.17) is 0 Å². The Morgan fingerprint density at radius 2 is 2.00 bits per heavy atom. The monoisotopic (exact) mass is 285 g/mol. The van der Waals surface area contributed by atoms with E-state index in [9.17, 15) is 13.2 Å². The summed E-state index contributed by atoms with van der Waals surface area (Å²) in [6.07, 6.45) is 6.48. The summed E-state index contributed by atoms with van der Waals surface area (Å²) in [4.78, 5) is 11.8. The minimum absolute atomic E-state index is 0.0429. The maximum atomic E-state index is 11.8. The summed E-state index contributed by atoms with van der Waals surface area (Å²) in [5.74, 6) is 3.05. The molecule has 1 N–H and O–H groups in total. The molecule has 0 aromatic heterocycles. The van der Waals surface area contributed by atoms with Gasteiger partial charge in [-0.25, -0.2) is 8.42 Å². The quantitative estimate of drug-likeness (QED) is 0.829. The first-order valence-electron chi connectivity index (χ1n) is 7.50. The summed E-state index contributed by atoms with van der Waals surface area (Å²) >= 11 is 0. The third kappa shape index (κ3) is 3.30. The maximum Gasteiger partial charge on any atom is 0.220 e. The van der Waals surface area contributed by atoms with Gasteiger partial charge >= 0.3 is 0 Å². The molecule has 0 aromatic rings. The van der Waals surface area contributed by atoms with Crippen LogP contribution in [0.25, 0.3) is 0 Å². The highest BCUT2D eigenvalue weighted by atomic mass is 32.2. The minimum Gasteiger partial charge on any atom is -0.356 e. The number of carbonyl (C=O) groups is 1. The van der Waals surface area contributed by atoms with E-state index in [0.29, 0.717) is 18.8 Å². The van der Waals surface area contributed by atoms with Crippen molar-refractivity contribution in [2.24, 2.45) is 23.7 Å². The van der Waals surface area contributed by atoms with Gasteiger partial charge in [-0.1, -0.05) is 19.3 Å². The van der Waals surface area contributed by atoms with E-state index in [1.807, 2.05) is 0 Å². The molecule has 4 nitrogen and oxygen atoms in total. The first-order valence-corrected chi connectivity index (χ1v) is 9.33. The Bertz CT molecular complexity index is 455. The van der Waals surface area contributed by atoms with Gasteiger partial charge < -0.3 is 5.32 Å². The molecule has 5 heteroatoms. The fourth-order valence-electron chi connectivity index (χ4n) is 3.56. The van der Waals surface area contributed by atoms with Crippen molar-refractivity contribution in [3.63, 3.8) is 0 Å². The number of hydrogen-bond acceptors (Lipinski definition) is 3. The highest BCUT2D eigenvalue weighted by Crippen LogP contribution is 2.51. The van der Waals surface area contributed by atoms with Crippen molar-refractivity contribution < 1.29 is 13.2 Å². The Balaban J connectivity index is 1.34. The summed E-state index contributed by atoms with van der Waals surface area (Å²) in [5.41, 5.74) is 0. The lowest BCUT2D eigenvalue weighted by atomic mass is 9.81. The zero-order valence-electron chi connectivity index (χ0n) is 11.3. The van der Waals surface area contributed by atoms with Gasteiger partial charge in [0.1, 0.15) is 0 Å². The van der Waals surface area contributed by atoms with Gasteiger partial charge in [0.15, 0.2) is 9.84 Å². The lowest BCUT2D eigenvalue weighted by molar-refractivity contribution is -0.121. The largest absolute Gasteiger partial charge is 0.356 e. The highest BCUT2D eigenvalue weighted by molar-refractivity contribution is 7.91. The van der Waals surface area contributed by atoms with Gasteiger partial charge in [0, 0.05) is 13.0 Å². The second-order valence-corrected chi connectivity index (χ2v) is 8.86. The third-order valence-corrected chi connectivity index (χ3v) is 6.93. The molecule has 1 aliphatic heterocycles. The Morgan fingerprint density at radius 3 is 2.58 bits per heavy atom. The van der Waals surface area contributed by atoms with Crippen molar-refractivity contribution in [1.82, 2.24) is 5.32 Å². The van der Waals surface area contributed by atoms with E-state index in [1.165, 1.54) is 25.7 Å². The lowest BCUT2D eigenvalue weighted by Crippen LogP contribution is -2.28. The molecule has 1 amide bonds. The molecule has 3 atom stereocenters. The first kappa shape index (κ1) is 13.4. The van der Waals surface area contributed by atoms with Crippen LogP contribution in [0, 0.1) is 23.7 Å². The van der Waals surface area contributed by atoms with Gasteiger partial charge in [-0.05, 0) is 36.5 Å². The van der Waals surface area contributed by atoms with Crippen LogP contribution >= 0.6 is 0 Å². The van der Waals surface area contributed by atoms with Crippen LogP contribution in [0.4, 0.5) is 0 Å². The average Bonchev–Trinajstić information content (AvgIpc) is 2.92. The van der Waals surface area contributed by atoms with Gasteiger partial charge in [-0.15, -0.1) is 0 Å². The number of sulfone groups is 1. The number of amides is 1. The zero-order chi connectivity index (χ0) is 13.5. The van der Waals surface area contributed by atoms with Crippen molar-refractivity contribution in [1.29, 1.82) is 0 Å². The van der Waals surface area contributed by atoms with Gasteiger partial charge in [-0.3, -0.25) is 4.79 Å². The van der Waals surface area contributed by atoms with Crippen molar-refractivity contribution in [2.45, 2.75) is 38.5 Å². The predicted octanol–water partition coefficient (Wildman–Crippen LogP) is 1.36. The molecule has 0 spiro atoms. The van der Waals surface area contributed by atoms with Crippen molar-refractivity contribution in [2.75, 3.05) is 18.1 Å². The van der Waals surface area contributed by atoms with Gasteiger partial charge in [0.25, 0.3) is 0 Å². The fourth-order valence-corrected chi connectivity index (χ4v) is 5.43. The van der Waals surface area contributed by atoms with Gasteiger partial charge in [0.2, 0.25) is 5.91 Å². The van der Waals surface area contributed by atoms with Crippen molar-refractivity contribution >= 4 is 15.7 Å². The molecule has 2 saturated carbocycles. The number of rotatable bonds is 5. The van der Waals surface area contributed by atoms with E-state index in [2.05, 4.69) is 5.32 Å². The fraction of sp³-hybridized carbons (Fsp3) is 0.929. The summed E-state index contributed by atoms with van der Waals surface area (Å²) in [5, 5.41) is 3.00. The Kier molecular flexibility index (Phi) is 3.58. The Morgan fingerprint density at radius 1 is 1.21 bits per heavy atom. The summed E-state index contributed by atoms with van der Waals surface area (Å²) in [7, 11) is -2.86. The smallest absolute Gasteiger partial charge is 0.220 e. The van der Waals surface area contributed by atoms with E-state index < -0.39 is 9.84 Å². The van der Waals surface area contributed by atoms with Crippen molar-refractivity contribution in [3.05, 3.63) is 0 Å². The van der Waals surface area contributed by atoms with E-state index in [0.717, 1.165) is 18.4 Å². The maximum absolute atomic E-state index is 11.8. The van der Waals surface area contributed by atoms with Crippen LogP contribution in [-0.4, -0.2) is 32.4 Å². The van der Waals surface area contributed by atoms with Crippen LogP contribution in [0.3, 0.4) is 0 Å². The zero-order valence-corrected chi connectivity index (χ0v) is 12.1. The molecule has 3 fully saturated rings. The SMILES string of the molecule is O=C(CC1CCS(=O)(=O)C1)NC[C@@H]1C[C@H]1C1CCC1. The molecule has 0 bridgehead atoms. The molecule has 2 aliphatic carbocycles. The van der Waals surface area contributed by atoms with Crippen molar-refractivity contribution in [3.8, 4) is 0 Å². The second-order valence-electron chi connectivity index (χ2n) is 6.63. The minimum atomic E-state index is -2.86. The molecule has 108 valence electrons. The molecule has 0 aromatic carbocycles. The molecule has 1 unspecified atom stereocenters. The number of carbonyl (C=O) groups excluding carboxylic acids is 1. The predicted molar refractivity (Wildman–Crippen MR) is 73.3 cm³/mol. The first-order chi connectivity index (χ1) is 9.03.